The predicted molar refractivity (Wildman–Crippen MR) is 189 cm³/mol. The summed E-state index contributed by atoms with van der Waals surface area (Å²) >= 11 is 1.92. The number of hydrogen-bond donors (Lipinski definition) is 0. The standard InChI is InChI=1S/C42H29NS/c1-3-12-28(13-4-1)31-24-32(29-14-5-2-6-15-29)26-33(25-31)30-16-11-17-34(27-30)43-39-20-9-7-18-35(39)37-22-23-38-36-19-8-10-21-40(36)44-42(38)41(37)43/h1-27,35,39H. The zero-order chi connectivity index (χ0) is 29.0. The molecule has 2 atom stereocenters. The van der Waals surface area contributed by atoms with Crippen LogP contribution in [0.2, 0.25) is 0 Å². The van der Waals surface area contributed by atoms with Gasteiger partial charge in [0.1, 0.15) is 0 Å². The van der Waals surface area contributed by atoms with Gasteiger partial charge < -0.3 is 4.90 Å². The molecule has 208 valence electrons. The highest BCUT2D eigenvalue weighted by Gasteiger charge is 2.39. The van der Waals surface area contributed by atoms with Gasteiger partial charge >= 0.3 is 0 Å². The van der Waals surface area contributed by atoms with Gasteiger partial charge in [-0.1, -0.05) is 127 Å². The van der Waals surface area contributed by atoms with Crippen LogP contribution in [0, 0.1) is 0 Å². The smallest absolute Gasteiger partial charge is 0.0637 e. The summed E-state index contributed by atoms with van der Waals surface area (Å²) in [5.74, 6) is 0.333. The van der Waals surface area contributed by atoms with Crippen molar-refractivity contribution in [1.29, 1.82) is 0 Å². The molecule has 2 heteroatoms. The summed E-state index contributed by atoms with van der Waals surface area (Å²) in [6.45, 7) is 0. The quantitative estimate of drug-likeness (QED) is 0.200. The lowest BCUT2D eigenvalue weighted by Crippen LogP contribution is -2.28. The maximum atomic E-state index is 2.60. The molecular weight excluding hydrogens is 551 g/mol. The van der Waals surface area contributed by atoms with Gasteiger partial charge in [0.05, 0.1) is 16.4 Å². The van der Waals surface area contributed by atoms with E-state index >= 15 is 0 Å². The van der Waals surface area contributed by atoms with Gasteiger partial charge in [-0.25, -0.2) is 0 Å². The maximum absolute atomic E-state index is 2.60. The van der Waals surface area contributed by atoms with Crippen LogP contribution < -0.4 is 4.90 Å². The normalized spacial score (nSPS) is 16.9. The molecule has 0 bridgehead atoms. The minimum atomic E-state index is 0.247. The zero-order valence-corrected chi connectivity index (χ0v) is 24.9. The molecule has 1 aliphatic heterocycles. The van der Waals surface area contributed by atoms with E-state index in [0.29, 0.717) is 5.92 Å². The molecule has 9 rings (SSSR count). The van der Waals surface area contributed by atoms with Crippen LogP contribution in [0.25, 0.3) is 53.6 Å². The molecule has 2 aliphatic rings. The van der Waals surface area contributed by atoms with Gasteiger partial charge in [0.25, 0.3) is 0 Å². The summed E-state index contributed by atoms with van der Waals surface area (Å²) in [5.41, 5.74) is 11.4. The second-order valence-corrected chi connectivity index (χ2v) is 12.8. The summed E-state index contributed by atoms with van der Waals surface area (Å²) in [7, 11) is 0. The molecule has 0 N–H and O–H groups in total. The van der Waals surface area contributed by atoms with Crippen LogP contribution in [-0.2, 0) is 0 Å². The van der Waals surface area contributed by atoms with Crippen LogP contribution >= 0.6 is 11.3 Å². The lowest BCUT2D eigenvalue weighted by molar-refractivity contribution is 0.745. The van der Waals surface area contributed by atoms with Crippen LogP contribution in [-0.4, -0.2) is 6.04 Å². The molecule has 1 aliphatic carbocycles. The van der Waals surface area contributed by atoms with Crippen LogP contribution in [0.15, 0.2) is 164 Å². The predicted octanol–water partition coefficient (Wildman–Crippen LogP) is 11.8. The average Bonchev–Trinajstić information content (AvgIpc) is 3.65. The second kappa shape index (κ2) is 10.2. The van der Waals surface area contributed by atoms with Gasteiger partial charge in [0, 0.05) is 27.1 Å². The number of nitrogens with zero attached hydrogens (tertiary/aromatic N) is 1. The minimum absolute atomic E-state index is 0.247. The molecule has 0 saturated carbocycles. The summed E-state index contributed by atoms with van der Waals surface area (Å²) < 4.78 is 2.72. The Labute approximate surface area is 261 Å². The van der Waals surface area contributed by atoms with Crippen molar-refractivity contribution >= 4 is 42.9 Å². The van der Waals surface area contributed by atoms with Crippen LogP contribution in [0.1, 0.15) is 11.5 Å². The summed E-state index contributed by atoms with van der Waals surface area (Å²) in [6, 6.07) is 51.4. The largest absolute Gasteiger partial charge is 0.332 e. The monoisotopic (exact) mass is 579 g/mol. The molecule has 44 heavy (non-hydrogen) atoms. The highest BCUT2D eigenvalue weighted by atomic mass is 32.1. The topological polar surface area (TPSA) is 3.24 Å². The van der Waals surface area contributed by atoms with Crippen molar-refractivity contribution in [3.8, 4) is 33.4 Å². The van der Waals surface area contributed by atoms with Gasteiger partial charge in [-0.2, -0.15) is 0 Å². The third-order valence-corrected chi connectivity index (χ3v) is 10.4. The van der Waals surface area contributed by atoms with Crippen LogP contribution in [0.4, 0.5) is 11.4 Å². The van der Waals surface area contributed by atoms with E-state index in [9.17, 15) is 0 Å². The Morgan fingerprint density at radius 2 is 1.11 bits per heavy atom. The summed E-state index contributed by atoms with van der Waals surface area (Å²) in [5, 5.41) is 2.69. The van der Waals surface area contributed by atoms with E-state index in [1.165, 1.54) is 70.5 Å². The van der Waals surface area contributed by atoms with E-state index in [-0.39, 0.29) is 6.04 Å². The van der Waals surface area contributed by atoms with Crippen molar-refractivity contribution in [3.63, 3.8) is 0 Å². The molecular formula is C42H29NS. The Kier molecular flexibility index (Phi) is 5.89. The first kappa shape index (κ1) is 25.3. The molecule has 1 aromatic heterocycles. The van der Waals surface area contributed by atoms with E-state index in [4.69, 9.17) is 0 Å². The third kappa shape index (κ3) is 4.06. The van der Waals surface area contributed by atoms with E-state index in [2.05, 4.69) is 169 Å². The van der Waals surface area contributed by atoms with Gasteiger partial charge in [-0.15, -0.1) is 11.3 Å². The van der Waals surface area contributed by atoms with Crippen LogP contribution in [0.5, 0.6) is 0 Å². The molecule has 0 saturated heterocycles. The lowest BCUT2D eigenvalue weighted by atomic mass is 9.91. The summed E-state index contributed by atoms with van der Waals surface area (Å²) in [6.07, 6.45) is 9.17. The van der Waals surface area contributed by atoms with Gasteiger partial charge in [0.15, 0.2) is 0 Å². The first-order chi connectivity index (χ1) is 21.8. The SMILES string of the molecule is C1=CC2c3ccc4c(sc5ccccc54)c3N(c3cccc(-c4cc(-c5ccccc5)cc(-c5ccccc5)c4)c3)C2C=C1. The molecule has 0 spiro atoms. The number of benzene rings is 6. The van der Waals surface area contributed by atoms with Crippen LogP contribution in [0.3, 0.4) is 0 Å². The molecule has 1 nitrogen and oxygen atoms in total. The first-order valence-corrected chi connectivity index (χ1v) is 16.1. The van der Waals surface area contributed by atoms with Crippen molar-refractivity contribution in [3.05, 3.63) is 169 Å². The van der Waals surface area contributed by atoms with E-state index in [1.807, 2.05) is 11.3 Å². The molecule has 0 amide bonds. The Morgan fingerprint density at radius 1 is 0.477 bits per heavy atom. The third-order valence-electron chi connectivity index (χ3n) is 9.16. The fourth-order valence-corrected chi connectivity index (χ4v) is 8.37. The minimum Gasteiger partial charge on any atom is -0.332 e. The van der Waals surface area contributed by atoms with Crippen molar-refractivity contribution in [2.24, 2.45) is 0 Å². The van der Waals surface area contributed by atoms with Gasteiger partial charge in [-0.05, 0) is 75.3 Å². The highest BCUT2D eigenvalue weighted by Crippen LogP contribution is 2.53. The van der Waals surface area contributed by atoms with Crippen molar-refractivity contribution in [1.82, 2.24) is 0 Å². The number of hydrogen-bond acceptors (Lipinski definition) is 2. The molecule has 0 radical (unpaired) electrons. The molecule has 6 aromatic carbocycles. The summed E-state index contributed by atoms with van der Waals surface area (Å²) in [4.78, 5) is 2.60. The van der Waals surface area contributed by atoms with Gasteiger partial charge in [-0.3, -0.25) is 0 Å². The zero-order valence-electron chi connectivity index (χ0n) is 24.1. The number of rotatable bonds is 4. The first-order valence-electron chi connectivity index (χ1n) is 15.3. The maximum Gasteiger partial charge on any atom is 0.0637 e. The number of anilines is 2. The number of fused-ring (bicyclic) bond motifs is 7. The number of allylic oxidation sites excluding steroid dienone is 2. The molecule has 7 aromatic rings. The Bertz CT molecular complexity index is 2180. The van der Waals surface area contributed by atoms with Crippen molar-refractivity contribution in [2.75, 3.05) is 4.90 Å². The molecule has 0 fully saturated rings. The average molecular weight is 580 g/mol. The van der Waals surface area contributed by atoms with Crippen molar-refractivity contribution < 1.29 is 0 Å². The molecule has 2 heterocycles. The molecule has 2 unspecified atom stereocenters. The number of thiophene rings is 1. The van der Waals surface area contributed by atoms with E-state index in [0.717, 1.165) is 0 Å². The highest BCUT2D eigenvalue weighted by molar-refractivity contribution is 7.26. The van der Waals surface area contributed by atoms with Crippen molar-refractivity contribution in [2.45, 2.75) is 12.0 Å². The fraction of sp³-hybridized carbons (Fsp3) is 0.0476. The van der Waals surface area contributed by atoms with E-state index in [1.54, 1.807) is 0 Å². The lowest BCUT2D eigenvalue weighted by Gasteiger charge is -2.29. The van der Waals surface area contributed by atoms with E-state index < -0.39 is 0 Å². The Morgan fingerprint density at radius 3 is 1.86 bits per heavy atom. The Hall–Kier alpha value is -5.18. The Balaban J connectivity index is 1.23. The second-order valence-electron chi connectivity index (χ2n) is 11.7. The van der Waals surface area contributed by atoms with Gasteiger partial charge in [0.2, 0.25) is 0 Å². The fourth-order valence-electron chi connectivity index (χ4n) is 7.11.